The van der Waals surface area contributed by atoms with Crippen molar-refractivity contribution in [2.24, 2.45) is 0 Å². The summed E-state index contributed by atoms with van der Waals surface area (Å²) in [5, 5.41) is 9.60. The summed E-state index contributed by atoms with van der Waals surface area (Å²) in [5.74, 6) is 1.15. The highest BCUT2D eigenvalue weighted by Crippen LogP contribution is 2.27. The average Bonchev–Trinajstić information content (AvgIpc) is 2.28. The summed E-state index contributed by atoms with van der Waals surface area (Å²) in [4.78, 5) is 0. The first kappa shape index (κ1) is 11.5. The third-order valence-electron chi connectivity index (χ3n) is 2.54. The third kappa shape index (κ3) is 2.78. The van der Waals surface area contributed by atoms with Crippen LogP contribution >= 0.6 is 0 Å². The van der Waals surface area contributed by atoms with Crippen LogP contribution < -0.4 is 4.74 Å². The van der Waals surface area contributed by atoms with E-state index in [0.717, 1.165) is 22.4 Å². The Morgan fingerprint density at radius 1 is 1.06 bits per heavy atom. The minimum Gasteiger partial charge on any atom is -0.508 e. The molecule has 0 saturated carbocycles. The average molecular weight is 228 g/mol. The van der Waals surface area contributed by atoms with Crippen LogP contribution in [-0.2, 0) is 0 Å². The van der Waals surface area contributed by atoms with Gasteiger partial charge in [-0.1, -0.05) is 18.2 Å². The van der Waals surface area contributed by atoms with Crippen LogP contribution in [0.3, 0.4) is 0 Å². The molecule has 17 heavy (non-hydrogen) atoms. The van der Waals surface area contributed by atoms with Gasteiger partial charge in [0, 0.05) is 0 Å². The SMILES string of the molecule is CCOc1cccc(-c2cc(C)cc(O)c2)c1. The lowest BCUT2D eigenvalue weighted by Crippen LogP contribution is -1.91. The molecule has 2 nitrogen and oxygen atoms in total. The molecule has 2 aromatic carbocycles. The Hall–Kier alpha value is -1.96. The summed E-state index contributed by atoms with van der Waals surface area (Å²) in [6.07, 6.45) is 0. The smallest absolute Gasteiger partial charge is 0.119 e. The monoisotopic (exact) mass is 228 g/mol. The minimum absolute atomic E-state index is 0.293. The van der Waals surface area contributed by atoms with Crippen molar-refractivity contribution in [3.63, 3.8) is 0 Å². The Labute approximate surface area is 101 Å². The second-order valence-corrected chi connectivity index (χ2v) is 4.02. The molecule has 1 N–H and O–H groups in total. The van der Waals surface area contributed by atoms with Gasteiger partial charge in [0.15, 0.2) is 0 Å². The van der Waals surface area contributed by atoms with Gasteiger partial charge in [0.2, 0.25) is 0 Å². The molecule has 88 valence electrons. The molecule has 0 heterocycles. The lowest BCUT2D eigenvalue weighted by atomic mass is 10.0. The number of benzene rings is 2. The lowest BCUT2D eigenvalue weighted by Gasteiger charge is -2.07. The fourth-order valence-corrected chi connectivity index (χ4v) is 1.86. The molecule has 2 rings (SSSR count). The van der Waals surface area contributed by atoms with Gasteiger partial charge in [-0.3, -0.25) is 0 Å². The molecule has 0 amide bonds. The summed E-state index contributed by atoms with van der Waals surface area (Å²) in [6, 6.07) is 13.4. The molecule has 0 spiro atoms. The number of ether oxygens (including phenoxy) is 1. The van der Waals surface area contributed by atoms with Gasteiger partial charge in [-0.25, -0.2) is 0 Å². The van der Waals surface area contributed by atoms with Crippen LogP contribution in [0.1, 0.15) is 12.5 Å². The number of phenolic OH excluding ortho intramolecular Hbond substituents is 1. The standard InChI is InChI=1S/C15H16O2/c1-3-17-15-6-4-5-12(10-15)13-7-11(2)8-14(16)9-13/h4-10,16H,3H2,1-2H3. The Balaban J connectivity index is 2.41. The van der Waals surface area contributed by atoms with Gasteiger partial charge >= 0.3 is 0 Å². The second kappa shape index (κ2) is 4.91. The first-order valence-electron chi connectivity index (χ1n) is 5.73. The highest BCUT2D eigenvalue weighted by atomic mass is 16.5. The van der Waals surface area contributed by atoms with Gasteiger partial charge in [-0.05, 0) is 54.8 Å². The summed E-state index contributed by atoms with van der Waals surface area (Å²) in [7, 11) is 0. The number of aryl methyl sites for hydroxylation is 1. The molecule has 0 atom stereocenters. The van der Waals surface area contributed by atoms with Gasteiger partial charge in [0.25, 0.3) is 0 Å². The van der Waals surface area contributed by atoms with Crippen molar-refractivity contribution in [2.75, 3.05) is 6.61 Å². The van der Waals surface area contributed by atoms with E-state index >= 15 is 0 Å². The normalized spacial score (nSPS) is 10.2. The number of aromatic hydroxyl groups is 1. The number of hydrogen-bond acceptors (Lipinski definition) is 2. The van der Waals surface area contributed by atoms with Gasteiger partial charge in [-0.15, -0.1) is 0 Å². The zero-order valence-corrected chi connectivity index (χ0v) is 10.1. The fourth-order valence-electron chi connectivity index (χ4n) is 1.86. The maximum atomic E-state index is 9.60. The molecule has 0 aliphatic rings. The predicted molar refractivity (Wildman–Crippen MR) is 69.4 cm³/mol. The van der Waals surface area contributed by atoms with Crippen molar-refractivity contribution in [3.05, 3.63) is 48.0 Å². The summed E-state index contributed by atoms with van der Waals surface area (Å²) >= 11 is 0. The molecule has 2 aromatic rings. The van der Waals surface area contributed by atoms with E-state index in [9.17, 15) is 5.11 Å². The van der Waals surface area contributed by atoms with Crippen molar-refractivity contribution >= 4 is 0 Å². The van der Waals surface area contributed by atoms with E-state index in [1.54, 1.807) is 12.1 Å². The Bertz CT molecular complexity index is 498. The first-order valence-corrected chi connectivity index (χ1v) is 5.73. The van der Waals surface area contributed by atoms with E-state index in [-0.39, 0.29) is 0 Å². The zero-order valence-electron chi connectivity index (χ0n) is 10.1. The van der Waals surface area contributed by atoms with Crippen LogP contribution in [-0.4, -0.2) is 11.7 Å². The fraction of sp³-hybridized carbons (Fsp3) is 0.200. The third-order valence-corrected chi connectivity index (χ3v) is 2.54. The minimum atomic E-state index is 0.293. The Kier molecular flexibility index (Phi) is 3.33. The maximum Gasteiger partial charge on any atom is 0.119 e. The van der Waals surface area contributed by atoms with Crippen LogP contribution in [0.4, 0.5) is 0 Å². The highest BCUT2D eigenvalue weighted by molar-refractivity contribution is 5.67. The van der Waals surface area contributed by atoms with E-state index in [0.29, 0.717) is 12.4 Å². The Morgan fingerprint density at radius 2 is 1.88 bits per heavy atom. The van der Waals surface area contributed by atoms with Crippen LogP contribution in [0.5, 0.6) is 11.5 Å². The summed E-state index contributed by atoms with van der Waals surface area (Å²) in [5.41, 5.74) is 3.10. The van der Waals surface area contributed by atoms with Crippen molar-refractivity contribution in [2.45, 2.75) is 13.8 Å². The molecular formula is C15H16O2. The molecule has 2 heteroatoms. The lowest BCUT2D eigenvalue weighted by molar-refractivity contribution is 0.340. The topological polar surface area (TPSA) is 29.5 Å². The molecule has 0 bridgehead atoms. The molecule has 0 radical (unpaired) electrons. The van der Waals surface area contributed by atoms with Gasteiger partial charge in [0.05, 0.1) is 6.61 Å². The van der Waals surface area contributed by atoms with Gasteiger partial charge in [-0.2, -0.15) is 0 Å². The molecule has 0 aliphatic heterocycles. The van der Waals surface area contributed by atoms with Gasteiger partial charge < -0.3 is 9.84 Å². The summed E-state index contributed by atoms with van der Waals surface area (Å²) < 4.78 is 5.47. The van der Waals surface area contributed by atoms with Crippen molar-refractivity contribution in [1.29, 1.82) is 0 Å². The molecule has 0 aliphatic carbocycles. The van der Waals surface area contributed by atoms with E-state index in [4.69, 9.17) is 4.74 Å². The maximum absolute atomic E-state index is 9.60. The summed E-state index contributed by atoms with van der Waals surface area (Å²) in [6.45, 7) is 4.59. The van der Waals surface area contributed by atoms with E-state index in [2.05, 4.69) is 0 Å². The molecule has 0 fully saturated rings. The van der Waals surface area contributed by atoms with Crippen LogP contribution in [0, 0.1) is 6.92 Å². The number of hydrogen-bond donors (Lipinski definition) is 1. The quantitative estimate of drug-likeness (QED) is 0.866. The van der Waals surface area contributed by atoms with E-state index in [1.807, 2.05) is 44.2 Å². The molecule has 0 aromatic heterocycles. The van der Waals surface area contributed by atoms with Crippen LogP contribution in [0.25, 0.3) is 11.1 Å². The van der Waals surface area contributed by atoms with Crippen molar-refractivity contribution < 1.29 is 9.84 Å². The zero-order chi connectivity index (χ0) is 12.3. The van der Waals surface area contributed by atoms with Crippen LogP contribution in [0.15, 0.2) is 42.5 Å². The Morgan fingerprint density at radius 3 is 2.59 bits per heavy atom. The molecule has 0 unspecified atom stereocenters. The molecule has 0 saturated heterocycles. The number of rotatable bonds is 3. The predicted octanol–water partition coefficient (Wildman–Crippen LogP) is 3.77. The second-order valence-electron chi connectivity index (χ2n) is 4.02. The van der Waals surface area contributed by atoms with E-state index in [1.165, 1.54) is 0 Å². The first-order chi connectivity index (χ1) is 8.19. The largest absolute Gasteiger partial charge is 0.508 e. The highest BCUT2D eigenvalue weighted by Gasteiger charge is 2.02. The van der Waals surface area contributed by atoms with Crippen molar-refractivity contribution in [1.82, 2.24) is 0 Å². The molecular weight excluding hydrogens is 212 g/mol. The van der Waals surface area contributed by atoms with E-state index < -0.39 is 0 Å². The van der Waals surface area contributed by atoms with Crippen LogP contribution in [0.2, 0.25) is 0 Å². The van der Waals surface area contributed by atoms with Crippen molar-refractivity contribution in [3.8, 4) is 22.6 Å². The van der Waals surface area contributed by atoms with Gasteiger partial charge in [0.1, 0.15) is 11.5 Å². The number of phenols is 1.